The second-order valence-corrected chi connectivity index (χ2v) is 13.4. The van der Waals surface area contributed by atoms with Crippen molar-refractivity contribution in [3.8, 4) is 39.6 Å². The SMILES string of the molecule is COc1cc(-c2nc(SCc3c(F)cc(-c4ccc(CNC(=O)OC(C)(C)C)cc4)cc3F)[nH]c2N(C)c2ccc(OC)c(OC)c2)ccc1F. The Morgan fingerprint density at radius 2 is 1.45 bits per heavy atom. The molecular weight excluding hydrogens is 682 g/mol. The van der Waals surface area contributed by atoms with E-state index in [1.54, 1.807) is 70.3 Å². The number of hydrogen-bond donors (Lipinski definition) is 2. The van der Waals surface area contributed by atoms with Crippen molar-refractivity contribution in [2.45, 2.75) is 43.8 Å². The quantitative estimate of drug-likeness (QED) is 0.123. The zero-order valence-corrected chi connectivity index (χ0v) is 30.1. The first-order chi connectivity index (χ1) is 24.3. The number of alkyl carbamates (subject to hydrolysis) is 1. The predicted octanol–water partition coefficient (Wildman–Crippen LogP) is 9.27. The minimum Gasteiger partial charge on any atom is -0.494 e. The van der Waals surface area contributed by atoms with Crippen molar-refractivity contribution in [2.75, 3.05) is 33.3 Å². The van der Waals surface area contributed by atoms with Crippen LogP contribution in [0.5, 0.6) is 17.2 Å². The van der Waals surface area contributed by atoms with Crippen LogP contribution >= 0.6 is 11.8 Å². The van der Waals surface area contributed by atoms with Gasteiger partial charge in [-0.1, -0.05) is 36.0 Å². The summed E-state index contributed by atoms with van der Waals surface area (Å²) in [6.07, 6.45) is -0.535. The van der Waals surface area contributed by atoms with Gasteiger partial charge in [0.1, 0.15) is 28.7 Å². The number of anilines is 2. The number of hydrogen-bond acceptors (Lipinski definition) is 8. The lowest BCUT2D eigenvalue weighted by atomic mass is 10.0. The Bertz CT molecular complexity index is 1990. The Kier molecular flexibility index (Phi) is 11.4. The first kappa shape index (κ1) is 37.0. The molecule has 2 N–H and O–H groups in total. The molecular formula is C38H39F3N4O5S. The predicted molar refractivity (Wildman–Crippen MR) is 193 cm³/mol. The molecule has 0 atom stereocenters. The Morgan fingerprint density at radius 1 is 0.804 bits per heavy atom. The Morgan fingerprint density at radius 3 is 2.08 bits per heavy atom. The van der Waals surface area contributed by atoms with Crippen molar-refractivity contribution >= 4 is 29.4 Å². The molecule has 0 radical (unpaired) electrons. The molecule has 51 heavy (non-hydrogen) atoms. The fourth-order valence-electron chi connectivity index (χ4n) is 5.18. The minimum absolute atomic E-state index is 0.0424. The van der Waals surface area contributed by atoms with Gasteiger partial charge in [-0.3, -0.25) is 0 Å². The molecule has 0 aliphatic carbocycles. The maximum absolute atomic E-state index is 15.5. The maximum Gasteiger partial charge on any atom is 0.407 e. The number of aromatic nitrogens is 2. The minimum atomic E-state index is -0.703. The van der Waals surface area contributed by atoms with Crippen LogP contribution in [-0.2, 0) is 17.0 Å². The fraction of sp³-hybridized carbons (Fsp3) is 0.263. The van der Waals surface area contributed by atoms with Crippen LogP contribution in [-0.4, -0.2) is 50.0 Å². The number of imidazole rings is 1. The molecule has 0 bridgehead atoms. The lowest BCUT2D eigenvalue weighted by molar-refractivity contribution is 0.0523. The summed E-state index contributed by atoms with van der Waals surface area (Å²) in [7, 11) is 6.28. The summed E-state index contributed by atoms with van der Waals surface area (Å²) >= 11 is 1.12. The van der Waals surface area contributed by atoms with E-state index in [0.717, 1.165) is 23.0 Å². The summed E-state index contributed by atoms with van der Waals surface area (Å²) in [6.45, 7) is 5.58. The van der Waals surface area contributed by atoms with Crippen LogP contribution in [0.15, 0.2) is 78.0 Å². The molecule has 5 aromatic rings. The highest BCUT2D eigenvalue weighted by atomic mass is 32.2. The molecule has 5 rings (SSSR count). The summed E-state index contributed by atoms with van der Waals surface area (Å²) < 4.78 is 66.5. The fourth-order valence-corrected chi connectivity index (χ4v) is 6.06. The van der Waals surface area contributed by atoms with Gasteiger partial charge < -0.3 is 34.1 Å². The molecule has 0 fully saturated rings. The molecule has 0 unspecified atom stereocenters. The van der Waals surface area contributed by atoms with E-state index in [-0.39, 0.29) is 23.6 Å². The molecule has 1 aromatic heterocycles. The number of halogens is 3. The zero-order valence-electron chi connectivity index (χ0n) is 29.3. The standard InChI is InChI=1S/C38H39F3N4O5S/c1-38(2,3)50-37(46)42-20-22-8-10-23(11-9-22)25-16-29(40)27(30(41)17-25)21-51-36-43-34(24-12-14-28(39)32(18-24)48-6)35(44-36)45(4)26-13-15-31(47-5)33(19-26)49-7/h8-19H,20-21H2,1-7H3,(H,42,46)(H,43,44). The van der Waals surface area contributed by atoms with Crippen LogP contribution in [0.4, 0.5) is 29.5 Å². The van der Waals surface area contributed by atoms with Gasteiger partial charge >= 0.3 is 6.09 Å². The average molecular weight is 721 g/mol. The van der Waals surface area contributed by atoms with Crippen LogP contribution in [0.1, 0.15) is 31.9 Å². The second kappa shape index (κ2) is 15.7. The van der Waals surface area contributed by atoms with E-state index in [4.69, 9.17) is 23.9 Å². The van der Waals surface area contributed by atoms with Crippen LogP contribution in [0.3, 0.4) is 0 Å². The van der Waals surface area contributed by atoms with Crippen LogP contribution in [0.25, 0.3) is 22.4 Å². The van der Waals surface area contributed by atoms with E-state index in [2.05, 4.69) is 10.3 Å². The van der Waals surface area contributed by atoms with Gasteiger partial charge in [-0.05, 0) is 79.9 Å². The molecule has 4 aromatic carbocycles. The van der Waals surface area contributed by atoms with Gasteiger partial charge in [-0.15, -0.1) is 0 Å². The van der Waals surface area contributed by atoms with Crippen LogP contribution < -0.4 is 24.4 Å². The maximum atomic E-state index is 15.5. The highest BCUT2D eigenvalue weighted by Gasteiger charge is 2.22. The first-order valence-electron chi connectivity index (χ1n) is 15.9. The Balaban J connectivity index is 1.37. The number of amides is 1. The van der Waals surface area contributed by atoms with Crippen molar-refractivity contribution in [1.29, 1.82) is 0 Å². The second-order valence-electron chi connectivity index (χ2n) is 12.4. The normalized spacial score (nSPS) is 11.3. The van der Waals surface area contributed by atoms with E-state index in [1.165, 1.54) is 38.5 Å². The number of carbonyl (C=O) groups excluding carboxylic acids is 1. The number of aromatic amines is 1. The molecule has 0 saturated heterocycles. The molecule has 0 spiro atoms. The van der Waals surface area contributed by atoms with Gasteiger partial charge in [0.2, 0.25) is 0 Å². The number of benzene rings is 4. The van der Waals surface area contributed by atoms with Gasteiger partial charge in [0.05, 0.1) is 21.3 Å². The summed E-state index contributed by atoms with van der Waals surface area (Å²) in [5, 5.41) is 3.07. The van der Waals surface area contributed by atoms with Gasteiger partial charge in [0.25, 0.3) is 0 Å². The lowest BCUT2D eigenvalue weighted by Crippen LogP contribution is -2.32. The van der Waals surface area contributed by atoms with Gasteiger partial charge in [-0.2, -0.15) is 0 Å². The number of methoxy groups -OCH3 is 3. The molecule has 9 nitrogen and oxygen atoms in total. The van der Waals surface area contributed by atoms with E-state index < -0.39 is 29.1 Å². The Labute approximate surface area is 299 Å². The average Bonchev–Trinajstić information content (AvgIpc) is 3.53. The van der Waals surface area contributed by atoms with Crippen molar-refractivity contribution < 1.29 is 36.9 Å². The monoisotopic (exact) mass is 720 g/mol. The van der Waals surface area contributed by atoms with Crippen LogP contribution in [0.2, 0.25) is 0 Å². The third-order valence-corrected chi connectivity index (χ3v) is 8.69. The van der Waals surface area contributed by atoms with Crippen molar-refractivity contribution in [3.05, 3.63) is 101 Å². The van der Waals surface area contributed by atoms with Gasteiger partial charge in [-0.25, -0.2) is 22.9 Å². The molecule has 0 aliphatic heterocycles. The third kappa shape index (κ3) is 8.90. The number of thioether (sulfide) groups is 1. The van der Waals surface area contributed by atoms with Crippen molar-refractivity contribution in [2.24, 2.45) is 0 Å². The summed E-state index contributed by atoms with van der Waals surface area (Å²) in [5.41, 5.74) is 2.81. The number of nitrogens with zero attached hydrogens (tertiary/aromatic N) is 2. The summed E-state index contributed by atoms with van der Waals surface area (Å²) in [5.74, 6) is -0.342. The Hall–Kier alpha value is -5.30. The van der Waals surface area contributed by atoms with Gasteiger partial charge in [0.15, 0.2) is 28.2 Å². The number of rotatable bonds is 12. The molecule has 1 heterocycles. The topological polar surface area (TPSA) is 97.9 Å². The number of nitrogens with one attached hydrogen (secondary N) is 2. The molecule has 1 amide bonds. The summed E-state index contributed by atoms with van der Waals surface area (Å²) in [6, 6.07) is 19.4. The van der Waals surface area contributed by atoms with Gasteiger partial charge in [0, 0.05) is 42.2 Å². The van der Waals surface area contributed by atoms with Crippen molar-refractivity contribution in [1.82, 2.24) is 15.3 Å². The third-order valence-electron chi connectivity index (χ3n) is 7.79. The highest BCUT2D eigenvalue weighted by Crippen LogP contribution is 2.40. The molecule has 13 heteroatoms. The highest BCUT2D eigenvalue weighted by molar-refractivity contribution is 7.98. The van der Waals surface area contributed by atoms with E-state index in [1.807, 2.05) is 18.0 Å². The van der Waals surface area contributed by atoms with E-state index in [0.29, 0.717) is 44.9 Å². The van der Waals surface area contributed by atoms with Crippen LogP contribution in [0, 0.1) is 17.5 Å². The largest absolute Gasteiger partial charge is 0.494 e. The van der Waals surface area contributed by atoms with Crippen molar-refractivity contribution in [3.63, 3.8) is 0 Å². The number of carbonyl (C=O) groups is 1. The molecule has 0 aliphatic rings. The first-order valence-corrected chi connectivity index (χ1v) is 16.8. The van der Waals surface area contributed by atoms with E-state index in [9.17, 15) is 9.18 Å². The number of ether oxygens (including phenoxy) is 4. The smallest absolute Gasteiger partial charge is 0.407 e. The zero-order chi connectivity index (χ0) is 36.9. The number of H-pyrrole nitrogens is 1. The lowest BCUT2D eigenvalue weighted by Gasteiger charge is -2.20. The molecule has 268 valence electrons. The summed E-state index contributed by atoms with van der Waals surface area (Å²) in [4.78, 5) is 21.8. The molecule has 0 saturated carbocycles. The van der Waals surface area contributed by atoms with E-state index >= 15 is 8.78 Å².